The first-order valence-electron chi connectivity index (χ1n) is 7.27. The number of hydrogen-bond acceptors (Lipinski definition) is 6. The molecule has 1 amide bonds. The zero-order chi connectivity index (χ0) is 17.7. The predicted octanol–water partition coefficient (Wildman–Crippen LogP) is 1.62. The third-order valence-corrected chi connectivity index (χ3v) is 3.55. The number of ether oxygens (including phenoxy) is 1. The van der Waals surface area contributed by atoms with E-state index in [1.165, 1.54) is 0 Å². The molecule has 0 radical (unpaired) electrons. The lowest BCUT2D eigenvalue weighted by Gasteiger charge is -2.15. The number of hydrogen-bond donors (Lipinski definition) is 2. The summed E-state index contributed by atoms with van der Waals surface area (Å²) in [5, 5.41) is 15.9. The van der Waals surface area contributed by atoms with Gasteiger partial charge in [0.15, 0.2) is 17.1 Å². The van der Waals surface area contributed by atoms with E-state index in [2.05, 4.69) is 10.5 Å². The van der Waals surface area contributed by atoms with Crippen LogP contribution in [0.1, 0.15) is 16.8 Å². The van der Waals surface area contributed by atoms with E-state index in [-0.39, 0.29) is 29.5 Å². The summed E-state index contributed by atoms with van der Waals surface area (Å²) in [4.78, 5) is 24.6. The number of carboxylic acid groups (broad SMARTS) is 1. The number of benzene rings is 1. The molecule has 8 heteroatoms. The van der Waals surface area contributed by atoms with Crippen molar-refractivity contribution in [2.75, 3.05) is 32.6 Å². The summed E-state index contributed by atoms with van der Waals surface area (Å²) >= 11 is 0. The van der Waals surface area contributed by atoms with E-state index in [9.17, 15) is 14.7 Å². The topological polar surface area (TPSA) is 105 Å². The highest BCUT2D eigenvalue weighted by molar-refractivity contribution is 5.99. The maximum absolute atomic E-state index is 11.7. The van der Waals surface area contributed by atoms with Crippen molar-refractivity contribution in [1.29, 1.82) is 0 Å². The van der Waals surface area contributed by atoms with Crippen molar-refractivity contribution in [3.63, 3.8) is 0 Å². The Morgan fingerprint density at radius 2 is 2.00 bits per heavy atom. The largest absolute Gasteiger partial charge is 0.497 e. The van der Waals surface area contributed by atoms with Crippen molar-refractivity contribution in [1.82, 2.24) is 10.5 Å². The number of nitrogens with zero attached hydrogens (tertiary/aromatic N) is 2. The quantitative estimate of drug-likeness (QED) is 0.793. The van der Waals surface area contributed by atoms with Crippen LogP contribution in [0.4, 0.5) is 5.82 Å². The molecule has 1 aromatic carbocycles. The third-order valence-electron chi connectivity index (χ3n) is 3.55. The summed E-state index contributed by atoms with van der Waals surface area (Å²) in [6, 6.07) is 6.80. The molecular weight excluding hydrogens is 314 g/mol. The van der Waals surface area contributed by atoms with Crippen LogP contribution in [0.25, 0.3) is 11.3 Å². The van der Waals surface area contributed by atoms with Crippen molar-refractivity contribution in [3.8, 4) is 17.1 Å². The molecule has 0 fully saturated rings. The number of carboxylic acids is 1. The highest BCUT2D eigenvalue weighted by atomic mass is 16.5. The Balaban J connectivity index is 2.32. The van der Waals surface area contributed by atoms with Gasteiger partial charge in [-0.1, -0.05) is 5.16 Å². The Bertz CT molecular complexity index is 724. The van der Waals surface area contributed by atoms with Crippen molar-refractivity contribution >= 4 is 17.7 Å². The number of rotatable bonds is 7. The Labute approximate surface area is 139 Å². The minimum absolute atomic E-state index is 0.0421. The second-order valence-electron chi connectivity index (χ2n) is 5.09. The normalized spacial score (nSPS) is 10.3. The van der Waals surface area contributed by atoms with Crippen molar-refractivity contribution in [2.45, 2.75) is 6.42 Å². The molecule has 0 spiro atoms. The molecule has 8 nitrogen and oxygen atoms in total. The van der Waals surface area contributed by atoms with Crippen molar-refractivity contribution in [3.05, 3.63) is 29.8 Å². The first-order chi connectivity index (χ1) is 11.5. The Morgan fingerprint density at radius 3 is 2.54 bits per heavy atom. The van der Waals surface area contributed by atoms with E-state index in [0.717, 1.165) is 0 Å². The summed E-state index contributed by atoms with van der Waals surface area (Å²) < 4.78 is 10.3. The Hall–Kier alpha value is -3.03. The van der Waals surface area contributed by atoms with Crippen LogP contribution < -0.4 is 15.0 Å². The molecule has 0 aliphatic heterocycles. The average Bonchev–Trinajstić information content (AvgIpc) is 3.04. The fourth-order valence-corrected chi connectivity index (χ4v) is 2.17. The third kappa shape index (κ3) is 3.65. The van der Waals surface area contributed by atoms with Gasteiger partial charge in [-0.3, -0.25) is 4.79 Å². The Kier molecular flexibility index (Phi) is 5.41. The second-order valence-corrected chi connectivity index (χ2v) is 5.09. The lowest BCUT2D eigenvalue weighted by molar-refractivity contribution is -0.120. The molecule has 2 rings (SSSR count). The van der Waals surface area contributed by atoms with Crippen LogP contribution in [-0.4, -0.2) is 49.9 Å². The van der Waals surface area contributed by atoms with Gasteiger partial charge in [-0.25, -0.2) is 4.79 Å². The highest BCUT2D eigenvalue weighted by Gasteiger charge is 2.26. The molecule has 0 saturated heterocycles. The first kappa shape index (κ1) is 17.3. The number of aromatic carboxylic acids is 1. The number of aromatic nitrogens is 1. The number of carbonyl (C=O) groups excluding carboxylic acids is 1. The molecule has 0 atom stereocenters. The van der Waals surface area contributed by atoms with Gasteiger partial charge in [-0.15, -0.1) is 0 Å². The van der Waals surface area contributed by atoms with Gasteiger partial charge in [-0.2, -0.15) is 0 Å². The van der Waals surface area contributed by atoms with Gasteiger partial charge < -0.3 is 24.6 Å². The fourth-order valence-electron chi connectivity index (χ4n) is 2.17. The smallest absolute Gasteiger partial charge is 0.343 e. The summed E-state index contributed by atoms with van der Waals surface area (Å²) in [5.74, 6) is -0.302. The molecule has 0 unspecified atom stereocenters. The molecule has 0 saturated carbocycles. The molecule has 2 N–H and O–H groups in total. The number of methoxy groups -OCH3 is 1. The van der Waals surface area contributed by atoms with Gasteiger partial charge >= 0.3 is 5.97 Å². The van der Waals surface area contributed by atoms with Crippen LogP contribution in [-0.2, 0) is 4.79 Å². The minimum Gasteiger partial charge on any atom is -0.497 e. The molecule has 0 bridgehead atoms. The maximum atomic E-state index is 11.7. The highest BCUT2D eigenvalue weighted by Crippen LogP contribution is 2.32. The van der Waals surface area contributed by atoms with Gasteiger partial charge in [0, 0.05) is 32.6 Å². The van der Waals surface area contributed by atoms with Crippen LogP contribution in [0.15, 0.2) is 28.8 Å². The zero-order valence-corrected chi connectivity index (χ0v) is 13.7. The molecular formula is C16H19N3O5. The summed E-state index contributed by atoms with van der Waals surface area (Å²) in [5.41, 5.74) is 0.534. The summed E-state index contributed by atoms with van der Waals surface area (Å²) in [6.45, 7) is 0.314. The van der Waals surface area contributed by atoms with Crippen LogP contribution in [0.5, 0.6) is 5.75 Å². The maximum Gasteiger partial charge on any atom is 0.343 e. The van der Waals surface area contributed by atoms with E-state index in [4.69, 9.17) is 9.26 Å². The molecule has 2 aromatic rings. The van der Waals surface area contributed by atoms with Gasteiger partial charge in [0.2, 0.25) is 5.91 Å². The van der Waals surface area contributed by atoms with Gasteiger partial charge in [0.25, 0.3) is 0 Å². The van der Waals surface area contributed by atoms with Crippen LogP contribution in [0.2, 0.25) is 0 Å². The Morgan fingerprint density at radius 1 is 1.33 bits per heavy atom. The molecule has 0 aliphatic rings. The second kappa shape index (κ2) is 7.49. The summed E-state index contributed by atoms with van der Waals surface area (Å²) in [7, 11) is 4.75. The van der Waals surface area contributed by atoms with Crippen LogP contribution in [0, 0.1) is 0 Å². The molecule has 1 heterocycles. The summed E-state index contributed by atoms with van der Waals surface area (Å²) in [6.07, 6.45) is 0.219. The monoisotopic (exact) mass is 333 g/mol. The SMILES string of the molecule is CNC(=O)CCN(C)c1noc(-c2ccc(OC)cc2)c1C(=O)O. The van der Waals surface area contributed by atoms with Crippen molar-refractivity contribution < 1.29 is 24.0 Å². The van der Waals surface area contributed by atoms with E-state index >= 15 is 0 Å². The molecule has 24 heavy (non-hydrogen) atoms. The molecule has 1 aromatic heterocycles. The van der Waals surface area contributed by atoms with Crippen LogP contribution in [0.3, 0.4) is 0 Å². The molecule has 128 valence electrons. The fraction of sp³-hybridized carbons (Fsp3) is 0.312. The number of amides is 1. The number of anilines is 1. The lowest BCUT2D eigenvalue weighted by atomic mass is 10.1. The van der Waals surface area contributed by atoms with E-state index in [1.54, 1.807) is 50.4 Å². The number of carbonyl (C=O) groups is 2. The predicted molar refractivity (Wildman–Crippen MR) is 87.4 cm³/mol. The van der Waals surface area contributed by atoms with E-state index in [1.807, 2.05) is 0 Å². The lowest BCUT2D eigenvalue weighted by Crippen LogP contribution is -2.27. The average molecular weight is 333 g/mol. The molecule has 0 aliphatic carbocycles. The standard InChI is InChI=1S/C16H19N3O5/c1-17-12(20)8-9-19(2)15-13(16(21)22)14(24-18-15)10-4-6-11(23-3)7-5-10/h4-7H,8-9H2,1-3H3,(H,17,20)(H,21,22). The number of nitrogens with one attached hydrogen (secondary N) is 1. The van der Waals surface area contributed by atoms with Gasteiger partial charge in [0.1, 0.15) is 5.75 Å². The van der Waals surface area contributed by atoms with E-state index < -0.39 is 5.97 Å². The first-order valence-corrected chi connectivity index (χ1v) is 7.27. The zero-order valence-electron chi connectivity index (χ0n) is 13.7. The minimum atomic E-state index is -1.15. The van der Waals surface area contributed by atoms with E-state index in [0.29, 0.717) is 17.9 Å². The van der Waals surface area contributed by atoms with Crippen molar-refractivity contribution in [2.24, 2.45) is 0 Å². The van der Waals surface area contributed by atoms with Crippen LogP contribution >= 0.6 is 0 Å². The van der Waals surface area contributed by atoms with Gasteiger partial charge in [-0.05, 0) is 24.3 Å². The van der Waals surface area contributed by atoms with Gasteiger partial charge in [0.05, 0.1) is 7.11 Å².